The fourth-order valence-electron chi connectivity index (χ4n) is 1.73. The minimum Gasteiger partial charge on any atom is -0.493 e. The molecule has 2 aromatic carbocycles. The first-order chi connectivity index (χ1) is 8.85. The highest BCUT2D eigenvalue weighted by atomic mass is 35.5. The maximum Gasteiger partial charge on any atom is 0.162 e. The van der Waals surface area contributed by atoms with Crippen molar-refractivity contribution < 1.29 is 9.47 Å². The Balaban J connectivity index is 2.21. The van der Waals surface area contributed by atoms with Crippen LogP contribution in [0.1, 0.15) is 11.7 Å². The first-order valence-electron chi connectivity index (χ1n) is 5.75. The van der Waals surface area contributed by atoms with Crippen LogP contribution in [0.3, 0.4) is 0 Å². The molecule has 0 amide bonds. The zero-order valence-electron chi connectivity index (χ0n) is 10.2. The predicted molar refractivity (Wildman–Crippen MR) is 73.5 cm³/mol. The molecule has 0 spiro atoms. The summed E-state index contributed by atoms with van der Waals surface area (Å²) in [5, 5.41) is 0. The lowest BCUT2D eigenvalue weighted by Gasteiger charge is -2.18. The zero-order valence-corrected chi connectivity index (χ0v) is 10.9. The highest BCUT2D eigenvalue weighted by molar-refractivity contribution is 6.18. The molecule has 0 fully saturated rings. The summed E-state index contributed by atoms with van der Waals surface area (Å²) >= 11 is 5.98. The van der Waals surface area contributed by atoms with E-state index in [0.29, 0.717) is 17.4 Å². The third-order valence-corrected chi connectivity index (χ3v) is 2.93. The molecule has 1 atom stereocenters. The van der Waals surface area contributed by atoms with E-state index in [2.05, 4.69) is 0 Å². The van der Waals surface area contributed by atoms with Gasteiger partial charge in [0.25, 0.3) is 0 Å². The predicted octanol–water partition coefficient (Wildman–Crippen LogP) is 4.05. The van der Waals surface area contributed by atoms with Gasteiger partial charge < -0.3 is 9.47 Å². The molecule has 2 aromatic rings. The molecule has 2 nitrogen and oxygen atoms in total. The van der Waals surface area contributed by atoms with Crippen molar-refractivity contribution in [1.29, 1.82) is 0 Å². The molecule has 94 valence electrons. The third-order valence-electron chi connectivity index (χ3n) is 2.65. The first kappa shape index (κ1) is 12.8. The fourth-order valence-corrected chi connectivity index (χ4v) is 1.97. The number of alkyl halides is 1. The Labute approximate surface area is 112 Å². The molecule has 0 aliphatic heterocycles. The van der Waals surface area contributed by atoms with E-state index < -0.39 is 0 Å². The van der Waals surface area contributed by atoms with Crippen LogP contribution in [0.4, 0.5) is 0 Å². The molecule has 0 aliphatic carbocycles. The maximum absolute atomic E-state index is 5.98. The second kappa shape index (κ2) is 6.31. The van der Waals surface area contributed by atoms with Crippen molar-refractivity contribution in [3.05, 3.63) is 60.2 Å². The van der Waals surface area contributed by atoms with Gasteiger partial charge in [-0.15, -0.1) is 11.6 Å². The molecule has 3 heteroatoms. The van der Waals surface area contributed by atoms with Gasteiger partial charge in [-0.1, -0.05) is 42.5 Å². The van der Waals surface area contributed by atoms with Gasteiger partial charge in [-0.05, 0) is 17.7 Å². The van der Waals surface area contributed by atoms with Crippen LogP contribution in [0.2, 0.25) is 0 Å². The number of ether oxygens (including phenoxy) is 2. The van der Waals surface area contributed by atoms with E-state index in [-0.39, 0.29) is 6.10 Å². The highest BCUT2D eigenvalue weighted by Gasteiger charge is 2.14. The minimum absolute atomic E-state index is 0.177. The molecule has 1 unspecified atom stereocenters. The summed E-state index contributed by atoms with van der Waals surface area (Å²) in [6.45, 7) is 0. The number of para-hydroxylation sites is 2. The van der Waals surface area contributed by atoms with Gasteiger partial charge in [-0.3, -0.25) is 0 Å². The van der Waals surface area contributed by atoms with Crippen molar-refractivity contribution in [3.8, 4) is 11.5 Å². The molecule has 0 saturated carbocycles. The average molecular weight is 263 g/mol. The average Bonchev–Trinajstić information content (AvgIpc) is 2.46. The molecule has 0 radical (unpaired) electrons. The van der Waals surface area contributed by atoms with Gasteiger partial charge in [0, 0.05) is 0 Å². The Kier molecular flexibility index (Phi) is 4.48. The lowest BCUT2D eigenvalue weighted by molar-refractivity contribution is 0.219. The van der Waals surface area contributed by atoms with Crippen LogP contribution in [0.5, 0.6) is 11.5 Å². The number of hydrogen-bond acceptors (Lipinski definition) is 2. The Morgan fingerprint density at radius 1 is 0.944 bits per heavy atom. The summed E-state index contributed by atoms with van der Waals surface area (Å²) in [6.07, 6.45) is -0.177. The fraction of sp³-hybridized carbons (Fsp3) is 0.200. The van der Waals surface area contributed by atoms with Gasteiger partial charge in [0.2, 0.25) is 0 Å². The van der Waals surface area contributed by atoms with Crippen LogP contribution in [0.25, 0.3) is 0 Å². The van der Waals surface area contributed by atoms with Gasteiger partial charge in [0.05, 0.1) is 13.0 Å². The Morgan fingerprint density at radius 2 is 1.56 bits per heavy atom. The minimum atomic E-state index is -0.177. The number of halogens is 1. The molecule has 0 aromatic heterocycles. The summed E-state index contributed by atoms with van der Waals surface area (Å²) < 4.78 is 11.2. The van der Waals surface area contributed by atoms with Crippen LogP contribution in [0.15, 0.2) is 54.6 Å². The van der Waals surface area contributed by atoms with Crippen molar-refractivity contribution in [2.75, 3.05) is 13.0 Å². The summed E-state index contributed by atoms with van der Waals surface area (Å²) in [4.78, 5) is 0. The van der Waals surface area contributed by atoms with E-state index in [4.69, 9.17) is 21.1 Å². The number of benzene rings is 2. The highest BCUT2D eigenvalue weighted by Crippen LogP contribution is 2.31. The monoisotopic (exact) mass is 262 g/mol. The summed E-state index contributed by atoms with van der Waals surface area (Å²) in [5.41, 5.74) is 1.05. The SMILES string of the molecule is COc1ccccc1OC(CCl)c1ccccc1. The molecular weight excluding hydrogens is 248 g/mol. The number of rotatable bonds is 5. The van der Waals surface area contributed by atoms with E-state index in [1.165, 1.54) is 0 Å². The maximum atomic E-state index is 5.98. The van der Waals surface area contributed by atoms with E-state index in [0.717, 1.165) is 5.56 Å². The van der Waals surface area contributed by atoms with Gasteiger partial charge in [-0.2, -0.15) is 0 Å². The molecule has 2 rings (SSSR count). The van der Waals surface area contributed by atoms with E-state index in [1.54, 1.807) is 7.11 Å². The van der Waals surface area contributed by atoms with Gasteiger partial charge in [0.1, 0.15) is 6.10 Å². The van der Waals surface area contributed by atoms with Crippen LogP contribution < -0.4 is 9.47 Å². The quantitative estimate of drug-likeness (QED) is 0.757. The molecule has 18 heavy (non-hydrogen) atoms. The Hall–Kier alpha value is -1.67. The summed E-state index contributed by atoms with van der Waals surface area (Å²) in [5.74, 6) is 1.81. The van der Waals surface area contributed by atoms with Gasteiger partial charge in [-0.25, -0.2) is 0 Å². The van der Waals surface area contributed by atoms with Crippen molar-refractivity contribution in [2.24, 2.45) is 0 Å². The lowest BCUT2D eigenvalue weighted by Crippen LogP contribution is -2.09. The van der Waals surface area contributed by atoms with Gasteiger partial charge >= 0.3 is 0 Å². The molecular formula is C15H15ClO2. The van der Waals surface area contributed by atoms with Crippen LogP contribution in [-0.2, 0) is 0 Å². The smallest absolute Gasteiger partial charge is 0.162 e. The lowest BCUT2D eigenvalue weighted by atomic mass is 10.1. The van der Waals surface area contributed by atoms with E-state index >= 15 is 0 Å². The van der Waals surface area contributed by atoms with Crippen molar-refractivity contribution in [1.82, 2.24) is 0 Å². The standard InChI is InChI=1S/C15H15ClO2/c1-17-13-9-5-6-10-14(13)18-15(11-16)12-7-3-2-4-8-12/h2-10,15H,11H2,1H3. The van der Waals surface area contributed by atoms with Crippen molar-refractivity contribution >= 4 is 11.6 Å². The third kappa shape index (κ3) is 2.96. The van der Waals surface area contributed by atoms with Crippen LogP contribution in [0, 0.1) is 0 Å². The van der Waals surface area contributed by atoms with E-state index in [1.807, 2.05) is 54.6 Å². The first-order valence-corrected chi connectivity index (χ1v) is 6.29. The van der Waals surface area contributed by atoms with Crippen molar-refractivity contribution in [2.45, 2.75) is 6.10 Å². The second-order valence-electron chi connectivity index (χ2n) is 3.82. The largest absolute Gasteiger partial charge is 0.493 e. The van der Waals surface area contributed by atoms with E-state index in [9.17, 15) is 0 Å². The molecule has 0 bridgehead atoms. The Morgan fingerprint density at radius 3 is 2.17 bits per heavy atom. The molecule has 0 N–H and O–H groups in total. The summed E-state index contributed by atoms with van der Waals surface area (Å²) in [6, 6.07) is 17.5. The van der Waals surface area contributed by atoms with Gasteiger partial charge in [0.15, 0.2) is 11.5 Å². The normalized spacial score (nSPS) is 11.9. The zero-order chi connectivity index (χ0) is 12.8. The van der Waals surface area contributed by atoms with Crippen LogP contribution in [-0.4, -0.2) is 13.0 Å². The number of methoxy groups -OCH3 is 1. The molecule has 0 saturated heterocycles. The number of hydrogen-bond donors (Lipinski definition) is 0. The topological polar surface area (TPSA) is 18.5 Å². The molecule has 0 heterocycles. The second-order valence-corrected chi connectivity index (χ2v) is 4.13. The van der Waals surface area contributed by atoms with Crippen molar-refractivity contribution in [3.63, 3.8) is 0 Å². The summed E-state index contributed by atoms with van der Waals surface area (Å²) in [7, 11) is 1.63. The Bertz CT molecular complexity index is 485. The molecule has 0 aliphatic rings. The van der Waals surface area contributed by atoms with Crippen LogP contribution >= 0.6 is 11.6 Å².